The summed E-state index contributed by atoms with van der Waals surface area (Å²) in [6.45, 7) is 2.70. The van der Waals surface area contributed by atoms with E-state index in [4.69, 9.17) is 4.74 Å². The minimum Gasteiger partial charge on any atom is -0.384 e. The Morgan fingerprint density at radius 3 is 2.83 bits per heavy atom. The molecule has 1 aromatic carbocycles. The molecule has 130 valence electrons. The van der Waals surface area contributed by atoms with Crippen LogP contribution >= 0.6 is 0 Å². The number of sulfonamides is 1. The van der Waals surface area contributed by atoms with Crippen LogP contribution in [0.15, 0.2) is 41.4 Å². The molecule has 0 amide bonds. The molecule has 0 saturated carbocycles. The molecule has 24 heavy (non-hydrogen) atoms. The number of piperidine rings is 1. The summed E-state index contributed by atoms with van der Waals surface area (Å²) in [6, 6.07) is 8.66. The quantitative estimate of drug-likeness (QED) is 0.827. The van der Waals surface area contributed by atoms with Gasteiger partial charge >= 0.3 is 0 Å². The second kappa shape index (κ2) is 7.14. The van der Waals surface area contributed by atoms with Gasteiger partial charge in [-0.1, -0.05) is 6.07 Å². The van der Waals surface area contributed by atoms with Gasteiger partial charge in [-0.15, -0.1) is 0 Å². The van der Waals surface area contributed by atoms with Crippen LogP contribution in [0.1, 0.15) is 12.8 Å². The standard InChI is InChI=1S/C17H23N3O3S/c1-23-13-17(6-9-18-10-7-17)12-20-24(21,22)15-4-5-16-14(11-15)3-2-8-19-16/h2-5,8,11,18,20H,6-7,9-10,12-13H2,1H3. The lowest BCUT2D eigenvalue weighted by Crippen LogP contribution is -2.47. The number of nitrogens with one attached hydrogen (secondary N) is 2. The Morgan fingerprint density at radius 2 is 2.08 bits per heavy atom. The molecule has 1 aromatic heterocycles. The molecule has 6 nitrogen and oxygen atoms in total. The zero-order valence-corrected chi connectivity index (χ0v) is 14.6. The molecule has 2 aromatic rings. The predicted molar refractivity (Wildman–Crippen MR) is 93.3 cm³/mol. The van der Waals surface area contributed by atoms with E-state index in [2.05, 4.69) is 15.0 Å². The van der Waals surface area contributed by atoms with Crippen molar-refractivity contribution in [2.45, 2.75) is 17.7 Å². The second-order valence-corrected chi connectivity index (χ2v) is 8.13. The number of benzene rings is 1. The number of nitrogens with zero attached hydrogens (tertiary/aromatic N) is 1. The lowest BCUT2D eigenvalue weighted by Gasteiger charge is -2.37. The lowest BCUT2D eigenvalue weighted by molar-refractivity contribution is 0.0577. The summed E-state index contributed by atoms with van der Waals surface area (Å²) in [7, 11) is -1.90. The van der Waals surface area contributed by atoms with E-state index in [-0.39, 0.29) is 10.3 Å². The van der Waals surface area contributed by atoms with Crippen molar-refractivity contribution in [3.63, 3.8) is 0 Å². The molecule has 0 radical (unpaired) electrons. The summed E-state index contributed by atoms with van der Waals surface area (Å²) in [6.07, 6.45) is 3.48. The van der Waals surface area contributed by atoms with Crippen molar-refractivity contribution in [1.29, 1.82) is 0 Å². The molecular formula is C17H23N3O3S. The molecule has 1 aliphatic heterocycles. The first-order chi connectivity index (χ1) is 11.5. The van der Waals surface area contributed by atoms with Crippen LogP contribution in [0.3, 0.4) is 0 Å². The van der Waals surface area contributed by atoms with Crippen molar-refractivity contribution < 1.29 is 13.2 Å². The van der Waals surface area contributed by atoms with Crippen molar-refractivity contribution in [3.8, 4) is 0 Å². The topological polar surface area (TPSA) is 80.3 Å². The maximum atomic E-state index is 12.7. The number of fused-ring (bicyclic) bond motifs is 1. The van der Waals surface area contributed by atoms with Gasteiger partial charge in [-0.2, -0.15) is 0 Å². The van der Waals surface area contributed by atoms with E-state index < -0.39 is 10.0 Å². The molecule has 0 spiro atoms. The smallest absolute Gasteiger partial charge is 0.240 e. The van der Waals surface area contributed by atoms with Crippen LogP contribution in [0.2, 0.25) is 0 Å². The number of methoxy groups -OCH3 is 1. The Balaban J connectivity index is 1.79. The molecule has 1 saturated heterocycles. The van der Waals surface area contributed by atoms with Crippen LogP contribution in [0.4, 0.5) is 0 Å². The van der Waals surface area contributed by atoms with Gasteiger partial charge in [-0.25, -0.2) is 13.1 Å². The number of hydrogen-bond acceptors (Lipinski definition) is 5. The van der Waals surface area contributed by atoms with Gasteiger partial charge < -0.3 is 10.1 Å². The maximum absolute atomic E-state index is 12.7. The minimum absolute atomic E-state index is 0.147. The second-order valence-electron chi connectivity index (χ2n) is 6.37. The third-order valence-electron chi connectivity index (χ3n) is 4.64. The molecule has 3 rings (SSSR count). The van der Waals surface area contributed by atoms with Crippen LogP contribution in [-0.2, 0) is 14.8 Å². The summed E-state index contributed by atoms with van der Waals surface area (Å²) >= 11 is 0. The summed E-state index contributed by atoms with van der Waals surface area (Å²) in [5, 5.41) is 4.12. The van der Waals surface area contributed by atoms with E-state index in [1.54, 1.807) is 37.6 Å². The van der Waals surface area contributed by atoms with Gasteiger partial charge in [-0.3, -0.25) is 4.98 Å². The first-order valence-corrected chi connectivity index (χ1v) is 9.57. The largest absolute Gasteiger partial charge is 0.384 e. The normalized spacial score (nSPS) is 17.9. The van der Waals surface area contributed by atoms with Crippen LogP contribution < -0.4 is 10.0 Å². The van der Waals surface area contributed by atoms with Gasteiger partial charge in [0.05, 0.1) is 17.0 Å². The van der Waals surface area contributed by atoms with Crippen molar-refractivity contribution >= 4 is 20.9 Å². The van der Waals surface area contributed by atoms with Gasteiger partial charge in [0, 0.05) is 30.7 Å². The molecule has 2 N–H and O–H groups in total. The van der Waals surface area contributed by atoms with Crippen molar-refractivity contribution in [3.05, 3.63) is 36.5 Å². The fourth-order valence-electron chi connectivity index (χ4n) is 3.19. The van der Waals surface area contributed by atoms with Crippen LogP contribution in [0.5, 0.6) is 0 Å². The van der Waals surface area contributed by atoms with Gasteiger partial charge in [-0.05, 0) is 50.2 Å². The summed E-state index contributed by atoms with van der Waals surface area (Å²) in [4.78, 5) is 4.49. The van der Waals surface area contributed by atoms with E-state index in [0.29, 0.717) is 13.2 Å². The van der Waals surface area contributed by atoms with Gasteiger partial charge in [0.25, 0.3) is 0 Å². The summed E-state index contributed by atoms with van der Waals surface area (Å²) in [5.41, 5.74) is 0.636. The molecule has 0 unspecified atom stereocenters. The number of aromatic nitrogens is 1. The van der Waals surface area contributed by atoms with E-state index >= 15 is 0 Å². The monoisotopic (exact) mass is 349 g/mol. The number of ether oxygens (including phenoxy) is 1. The zero-order valence-electron chi connectivity index (χ0n) is 13.8. The van der Waals surface area contributed by atoms with Crippen molar-refractivity contribution in [1.82, 2.24) is 15.0 Å². The fourth-order valence-corrected chi connectivity index (χ4v) is 4.38. The molecule has 1 fully saturated rings. The Hall–Kier alpha value is -1.54. The first kappa shape index (κ1) is 17.3. The fraction of sp³-hybridized carbons (Fsp3) is 0.471. The van der Waals surface area contributed by atoms with Gasteiger partial charge in [0.15, 0.2) is 0 Å². The highest BCUT2D eigenvalue weighted by Gasteiger charge is 2.33. The SMILES string of the molecule is COCC1(CNS(=O)(=O)c2ccc3ncccc3c2)CCNCC1. The summed E-state index contributed by atoms with van der Waals surface area (Å²) in [5.74, 6) is 0. The third-order valence-corrected chi connectivity index (χ3v) is 6.04. The molecular weight excluding hydrogens is 326 g/mol. The molecule has 7 heteroatoms. The average molecular weight is 349 g/mol. The Kier molecular flexibility index (Phi) is 5.15. The van der Waals surface area contributed by atoms with Gasteiger partial charge in [0.2, 0.25) is 10.0 Å². The minimum atomic E-state index is -3.56. The van der Waals surface area contributed by atoms with E-state index in [0.717, 1.165) is 36.8 Å². The van der Waals surface area contributed by atoms with Crippen LogP contribution in [0, 0.1) is 5.41 Å². The number of rotatable bonds is 6. The third kappa shape index (κ3) is 3.75. The molecule has 0 bridgehead atoms. The lowest BCUT2D eigenvalue weighted by atomic mass is 9.80. The van der Waals surface area contributed by atoms with Crippen molar-refractivity contribution in [2.75, 3.05) is 33.4 Å². The highest BCUT2D eigenvalue weighted by Crippen LogP contribution is 2.29. The highest BCUT2D eigenvalue weighted by atomic mass is 32.2. The number of hydrogen-bond donors (Lipinski definition) is 2. The summed E-state index contributed by atoms with van der Waals surface area (Å²) < 4.78 is 33.5. The Labute approximate surface area is 142 Å². The average Bonchev–Trinajstić information content (AvgIpc) is 2.61. The number of pyridine rings is 1. The van der Waals surface area contributed by atoms with E-state index in [1.165, 1.54) is 0 Å². The maximum Gasteiger partial charge on any atom is 0.240 e. The van der Waals surface area contributed by atoms with E-state index in [9.17, 15) is 8.42 Å². The van der Waals surface area contributed by atoms with Crippen molar-refractivity contribution in [2.24, 2.45) is 5.41 Å². The molecule has 0 atom stereocenters. The van der Waals surface area contributed by atoms with Crippen LogP contribution in [-0.4, -0.2) is 46.8 Å². The van der Waals surface area contributed by atoms with E-state index in [1.807, 2.05) is 6.07 Å². The molecule has 1 aliphatic rings. The molecule has 0 aliphatic carbocycles. The highest BCUT2D eigenvalue weighted by molar-refractivity contribution is 7.89. The van der Waals surface area contributed by atoms with Crippen LogP contribution in [0.25, 0.3) is 10.9 Å². The Morgan fingerprint density at radius 1 is 1.29 bits per heavy atom. The Bertz CT molecular complexity index is 796. The van der Waals surface area contributed by atoms with Gasteiger partial charge in [0.1, 0.15) is 0 Å². The first-order valence-electron chi connectivity index (χ1n) is 8.09. The zero-order chi connectivity index (χ0) is 17.0. The molecule has 2 heterocycles. The predicted octanol–water partition coefficient (Wildman–Crippen LogP) is 1.53.